The van der Waals surface area contributed by atoms with Crippen molar-refractivity contribution in [2.45, 2.75) is 12.4 Å². The van der Waals surface area contributed by atoms with Crippen LogP contribution in [0.5, 0.6) is 0 Å². The summed E-state index contributed by atoms with van der Waals surface area (Å²) in [6.07, 6.45) is -10.1. The summed E-state index contributed by atoms with van der Waals surface area (Å²) in [5.74, 6) is 0. The number of para-hydroxylation sites is 2. The van der Waals surface area contributed by atoms with E-state index in [-0.39, 0.29) is 11.6 Å². The van der Waals surface area contributed by atoms with Crippen molar-refractivity contribution in [3.05, 3.63) is 217 Å². The molecule has 0 unspecified atom stereocenters. The number of rotatable bonds is 6. The lowest BCUT2D eigenvalue weighted by Gasteiger charge is -2.21. The Kier molecular flexibility index (Phi) is 9.45. The zero-order chi connectivity index (χ0) is 45.3. The molecule has 2 heterocycles. The molecule has 0 saturated heterocycles. The Morgan fingerprint density at radius 2 is 0.848 bits per heavy atom. The van der Waals surface area contributed by atoms with E-state index < -0.39 is 29.0 Å². The van der Waals surface area contributed by atoms with Crippen LogP contribution >= 0.6 is 0 Å². The fraction of sp³-hybridized carbons (Fsp3) is 0.0351. The van der Waals surface area contributed by atoms with Crippen LogP contribution in [0.1, 0.15) is 16.7 Å². The van der Waals surface area contributed by atoms with E-state index in [4.69, 9.17) is 0 Å². The molecule has 0 aliphatic heterocycles. The third-order valence-electron chi connectivity index (χ3n) is 12.4. The average molecular weight is 874 g/mol. The van der Waals surface area contributed by atoms with Gasteiger partial charge in [-0.1, -0.05) is 127 Å². The molecule has 0 amide bonds. The van der Waals surface area contributed by atoms with Crippen LogP contribution in [0.4, 0.5) is 26.3 Å². The number of nitriles is 1. The Hall–Kier alpha value is -8.35. The van der Waals surface area contributed by atoms with Crippen LogP contribution in [0.15, 0.2) is 200 Å². The number of hydrogen-bond acceptors (Lipinski definition) is 1. The first-order chi connectivity index (χ1) is 32.0. The Bertz CT molecular complexity index is 3740. The van der Waals surface area contributed by atoms with Crippen LogP contribution in [-0.4, -0.2) is 9.13 Å². The maximum absolute atomic E-state index is 14.9. The summed E-state index contributed by atoms with van der Waals surface area (Å²) < 4.78 is 90.6. The molecule has 0 fully saturated rings. The number of halogens is 6. The van der Waals surface area contributed by atoms with Gasteiger partial charge in [-0.2, -0.15) is 31.6 Å². The van der Waals surface area contributed by atoms with Crippen LogP contribution in [0.2, 0.25) is 0 Å². The minimum atomic E-state index is -5.11. The van der Waals surface area contributed by atoms with Gasteiger partial charge < -0.3 is 9.13 Å². The van der Waals surface area contributed by atoms with E-state index in [9.17, 15) is 31.6 Å². The van der Waals surface area contributed by atoms with Crippen molar-refractivity contribution in [3.63, 3.8) is 0 Å². The van der Waals surface area contributed by atoms with Crippen molar-refractivity contribution < 1.29 is 26.3 Å². The number of fused-ring (bicyclic) bond motifs is 6. The van der Waals surface area contributed by atoms with Crippen LogP contribution in [-0.2, 0) is 12.4 Å². The van der Waals surface area contributed by atoms with Crippen LogP contribution in [0, 0.1) is 11.3 Å². The average Bonchev–Trinajstić information content (AvgIpc) is 3.85. The van der Waals surface area contributed by atoms with Crippen LogP contribution < -0.4 is 0 Å². The highest BCUT2D eigenvalue weighted by molar-refractivity contribution is 6.13. The molecular weight excluding hydrogens is 841 g/mol. The largest absolute Gasteiger partial charge is 0.417 e. The summed E-state index contributed by atoms with van der Waals surface area (Å²) in [5, 5.41) is 14.2. The zero-order valence-corrected chi connectivity index (χ0v) is 34.7. The second kappa shape index (κ2) is 15.4. The second-order valence-electron chi connectivity index (χ2n) is 16.2. The van der Waals surface area contributed by atoms with E-state index in [0.717, 1.165) is 71.9 Å². The summed E-state index contributed by atoms with van der Waals surface area (Å²) in [4.78, 5) is 0. The number of nitrogens with zero attached hydrogens (tertiary/aromatic N) is 3. The zero-order valence-electron chi connectivity index (χ0n) is 34.7. The molecule has 9 heteroatoms. The molecule has 66 heavy (non-hydrogen) atoms. The van der Waals surface area contributed by atoms with Crippen molar-refractivity contribution >= 4 is 43.6 Å². The predicted octanol–water partition coefficient (Wildman–Crippen LogP) is 16.5. The van der Waals surface area contributed by atoms with Gasteiger partial charge in [0.25, 0.3) is 0 Å². The van der Waals surface area contributed by atoms with Crippen molar-refractivity contribution in [2.24, 2.45) is 0 Å². The highest BCUT2D eigenvalue weighted by Gasteiger charge is 2.38. The highest BCUT2D eigenvalue weighted by atomic mass is 19.4. The molecule has 0 saturated carbocycles. The SMILES string of the molecule is N#Cc1ccc(-c2cc(-c3ccc(C(F)(F)F)cc3C(F)(F)F)ccc2-n2c3ccccc3c3cc(-c4ccccc4)ccc32)c(-n2c3ccccc3c3cc(-c4ccccc4)ccc32)c1. The van der Waals surface area contributed by atoms with Crippen LogP contribution in [0.25, 0.3) is 99.5 Å². The molecule has 318 valence electrons. The van der Waals surface area contributed by atoms with Crippen molar-refractivity contribution in [1.29, 1.82) is 5.26 Å². The number of alkyl halides is 6. The standard InChI is InChI=1S/C57H33F6N3/c58-56(59,60)41-23-25-42(49(33-41)57(61,62)63)40-22-28-53(65-50-17-9-7-15-43(50)46-30-38(20-26-52(46)65)36-11-3-1-4-12-36)48(32-40)45-24-19-35(34-64)29-55(45)66-51-18-10-8-16-44(51)47-31-39(21-27-54(47)66)37-13-5-2-6-14-37/h1-33H. The van der Waals surface area contributed by atoms with Crippen molar-refractivity contribution in [2.75, 3.05) is 0 Å². The third-order valence-corrected chi connectivity index (χ3v) is 12.4. The summed E-state index contributed by atoms with van der Waals surface area (Å²) in [6.45, 7) is 0. The molecule has 3 nitrogen and oxygen atoms in total. The number of aromatic nitrogens is 2. The molecule has 11 rings (SSSR count). The number of hydrogen-bond donors (Lipinski definition) is 0. The summed E-state index contributed by atoms with van der Waals surface area (Å²) in [7, 11) is 0. The van der Waals surface area contributed by atoms with Crippen molar-refractivity contribution in [1.82, 2.24) is 9.13 Å². The Morgan fingerprint density at radius 3 is 1.39 bits per heavy atom. The Morgan fingerprint density at radius 1 is 0.348 bits per heavy atom. The first-order valence-electron chi connectivity index (χ1n) is 21.1. The molecule has 9 aromatic carbocycles. The van der Waals surface area contributed by atoms with E-state index in [1.165, 1.54) is 6.07 Å². The summed E-state index contributed by atoms with van der Waals surface area (Å²) in [6, 6.07) is 62.4. The molecule has 0 N–H and O–H groups in total. The van der Waals surface area contributed by atoms with Gasteiger partial charge in [0.2, 0.25) is 0 Å². The number of benzene rings is 9. The van der Waals surface area contributed by atoms with Gasteiger partial charge in [0.05, 0.1) is 56.2 Å². The van der Waals surface area contributed by atoms with E-state index in [2.05, 4.69) is 27.3 Å². The molecule has 0 aliphatic carbocycles. The third kappa shape index (κ3) is 6.77. The van der Waals surface area contributed by atoms with Gasteiger partial charge in [0.1, 0.15) is 0 Å². The van der Waals surface area contributed by atoms with Gasteiger partial charge in [0, 0.05) is 32.7 Å². The Labute approximate surface area is 374 Å². The maximum Gasteiger partial charge on any atom is 0.417 e. The molecule has 0 aliphatic rings. The monoisotopic (exact) mass is 873 g/mol. The van der Waals surface area contributed by atoms with Gasteiger partial charge in [-0.3, -0.25) is 0 Å². The molecule has 0 atom stereocenters. The predicted molar refractivity (Wildman–Crippen MR) is 252 cm³/mol. The highest BCUT2D eigenvalue weighted by Crippen LogP contribution is 2.46. The van der Waals surface area contributed by atoms with Crippen molar-refractivity contribution in [3.8, 4) is 62.0 Å². The van der Waals surface area contributed by atoms with E-state index in [1.807, 2.05) is 133 Å². The fourth-order valence-corrected chi connectivity index (χ4v) is 9.42. The minimum Gasteiger partial charge on any atom is -0.309 e. The smallest absolute Gasteiger partial charge is 0.309 e. The summed E-state index contributed by atoms with van der Waals surface area (Å²) in [5.41, 5.74) is 6.86. The molecule has 0 bridgehead atoms. The Balaban J connectivity index is 1.23. The van der Waals surface area contributed by atoms with Gasteiger partial charge in [-0.25, -0.2) is 0 Å². The second-order valence-corrected chi connectivity index (χ2v) is 16.2. The van der Waals surface area contributed by atoms with E-state index in [1.54, 1.807) is 30.3 Å². The van der Waals surface area contributed by atoms with Gasteiger partial charge in [-0.15, -0.1) is 0 Å². The summed E-state index contributed by atoms with van der Waals surface area (Å²) >= 11 is 0. The molecule has 0 spiro atoms. The maximum atomic E-state index is 14.9. The van der Waals surface area contributed by atoms with Crippen LogP contribution in [0.3, 0.4) is 0 Å². The normalized spacial score (nSPS) is 12.1. The minimum absolute atomic E-state index is 0.0620. The van der Waals surface area contributed by atoms with E-state index in [0.29, 0.717) is 34.1 Å². The van der Waals surface area contributed by atoms with Gasteiger partial charge in [0.15, 0.2) is 0 Å². The first-order valence-corrected chi connectivity index (χ1v) is 21.1. The molecule has 2 aromatic heterocycles. The molecule has 11 aromatic rings. The molecule has 0 radical (unpaired) electrons. The lowest BCUT2D eigenvalue weighted by molar-refractivity contribution is -0.142. The lowest BCUT2D eigenvalue weighted by atomic mass is 9.92. The van der Waals surface area contributed by atoms with Gasteiger partial charge >= 0.3 is 12.4 Å². The fourth-order valence-electron chi connectivity index (χ4n) is 9.42. The topological polar surface area (TPSA) is 33.6 Å². The van der Waals surface area contributed by atoms with E-state index >= 15 is 0 Å². The molecular formula is C57H33F6N3. The lowest BCUT2D eigenvalue weighted by Crippen LogP contribution is -2.12. The quantitative estimate of drug-likeness (QED) is 0.153. The van der Waals surface area contributed by atoms with Gasteiger partial charge in [-0.05, 0) is 106 Å². The first kappa shape index (κ1) is 40.4.